The molecule has 0 aliphatic heterocycles. The highest BCUT2D eigenvalue weighted by atomic mass is 16.3. The van der Waals surface area contributed by atoms with Gasteiger partial charge in [-0.15, -0.1) is 0 Å². The van der Waals surface area contributed by atoms with Gasteiger partial charge in [-0.1, -0.05) is 6.07 Å². The summed E-state index contributed by atoms with van der Waals surface area (Å²) in [5.41, 5.74) is 1.43. The topological polar surface area (TPSA) is 37.5 Å². The molecular weight excluding hydrogens is 152 g/mol. The first-order valence-corrected chi connectivity index (χ1v) is 3.69. The highest BCUT2D eigenvalue weighted by molar-refractivity contribution is 5.12. The summed E-state index contributed by atoms with van der Waals surface area (Å²) in [6.07, 6.45) is -0.748. The van der Waals surface area contributed by atoms with Crippen molar-refractivity contribution in [1.82, 2.24) is 4.98 Å². The molecule has 12 heavy (non-hydrogen) atoms. The van der Waals surface area contributed by atoms with E-state index in [1.54, 1.807) is 6.07 Å². The van der Waals surface area contributed by atoms with E-state index < -0.39 is 6.10 Å². The van der Waals surface area contributed by atoms with E-state index in [4.69, 9.17) is 6.57 Å². The third-order valence-corrected chi connectivity index (χ3v) is 1.52. The number of hydrogen-bond acceptors (Lipinski definition) is 2. The average molecular weight is 162 g/mol. The van der Waals surface area contributed by atoms with Crippen LogP contribution in [0.15, 0.2) is 18.2 Å². The zero-order valence-electron chi connectivity index (χ0n) is 6.86. The fourth-order valence-electron chi connectivity index (χ4n) is 0.930. The third-order valence-electron chi connectivity index (χ3n) is 1.52. The predicted molar refractivity (Wildman–Crippen MR) is 45.4 cm³/mol. The van der Waals surface area contributed by atoms with Crippen molar-refractivity contribution in [2.24, 2.45) is 0 Å². The van der Waals surface area contributed by atoms with Crippen molar-refractivity contribution in [1.29, 1.82) is 0 Å². The van der Waals surface area contributed by atoms with Crippen LogP contribution in [0.4, 0.5) is 0 Å². The normalized spacial score (nSPS) is 12.1. The van der Waals surface area contributed by atoms with Crippen LogP contribution in [0.5, 0.6) is 0 Å². The van der Waals surface area contributed by atoms with Gasteiger partial charge in [0, 0.05) is 5.69 Å². The lowest BCUT2D eigenvalue weighted by molar-refractivity contribution is 0.190. The van der Waals surface area contributed by atoms with Crippen molar-refractivity contribution in [3.63, 3.8) is 0 Å². The van der Waals surface area contributed by atoms with Gasteiger partial charge in [0.1, 0.15) is 0 Å². The summed E-state index contributed by atoms with van der Waals surface area (Å²) in [6, 6.07) is 5.40. The zero-order chi connectivity index (χ0) is 8.97. The van der Waals surface area contributed by atoms with Crippen molar-refractivity contribution < 1.29 is 5.11 Å². The molecule has 0 saturated carbocycles. The van der Waals surface area contributed by atoms with E-state index in [-0.39, 0.29) is 6.54 Å². The molecule has 0 spiro atoms. The van der Waals surface area contributed by atoms with Crippen LogP contribution in [-0.4, -0.2) is 16.6 Å². The number of pyridine rings is 1. The number of hydrogen-bond donors (Lipinski definition) is 1. The molecule has 1 aromatic heterocycles. The molecule has 1 aromatic rings. The maximum atomic E-state index is 9.37. The van der Waals surface area contributed by atoms with Crippen LogP contribution in [0.2, 0.25) is 0 Å². The lowest BCUT2D eigenvalue weighted by Crippen LogP contribution is -2.03. The predicted octanol–water partition coefficient (Wildman–Crippen LogP) is 1.34. The third kappa shape index (κ3) is 2.04. The first kappa shape index (κ1) is 8.69. The lowest BCUT2D eigenvalue weighted by atomic mass is 10.2. The quantitative estimate of drug-likeness (QED) is 0.666. The van der Waals surface area contributed by atoms with Crippen LogP contribution >= 0.6 is 0 Å². The molecule has 1 N–H and O–H groups in total. The minimum atomic E-state index is -0.748. The molecular formula is C9H10N2O. The monoisotopic (exact) mass is 162 g/mol. The second-order valence-electron chi connectivity index (χ2n) is 2.56. The number of aliphatic hydroxyl groups excluding tert-OH is 1. The summed E-state index contributed by atoms with van der Waals surface area (Å²) in [7, 11) is 0. The number of rotatable bonds is 2. The fourth-order valence-corrected chi connectivity index (χ4v) is 0.930. The van der Waals surface area contributed by atoms with Crippen molar-refractivity contribution in [3.8, 4) is 0 Å². The van der Waals surface area contributed by atoms with Gasteiger partial charge in [0.05, 0.1) is 5.69 Å². The Hall–Kier alpha value is -1.40. The first-order valence-electron chi connectivity index (χ1n) is 3.69. The van der Waals surface area contributed by atoms with Gasteiger partial charge >= 0.3 is 0 Å². The Morgan fingerprint density at radius 3 is 3.00 bits per heavy atom. The molecule has 62 valence electrons. The van der Waals surface area contributed by atoms with Crippen LogP contribution in [0.3, 0.4) is 0 Å². The summed E-state index contributed by atoms with van der Waals surface area (Å²) in [5.74, 6) is 0. The van der Waals surface area contributed by atoms with Crippen LogP contribution in [0.25, 0.3) is 4.85 Å². The molecule has 0 aromatic carbocycles. The second-order valence-corrected chi connectivity index (χ2v) is 2.56. The van der Waals surface area contributed by atoms with Gasteiger partial charge in [-0.2, -0.15) is 0 Å². The van der Waals surface area contributed by atoms with Crippen LogP contribution in [-0.2, 0) is 0 Å². The lowest BCUT2D eigenvalue weighted by Gasteiger charge is -2.03. The van der Waals surface area contributed by atoms with Gasteiger partial charge in [0.25, 0.3) is 0 Å². The molecule has 0 radical (unpaired) electrons. The van der Waals surface area contributed by atoms with Crippen LogP contribution in [0, 0.1) is 13.5 Å². The van der Waals surface area contributed by atoms with Gasteiger partial charge < -0.3 is 9.95 Å². The van der Waals surface area contributed by atoms with Crippen molar-refractivity contribution in [2.75, 3.05) is 6.54 Å². The molecule has 3 heteroatoms. The number of aromatic nitrogens is 1. The SMILES string of the molecule is [C-]#[N+]CC(O)c1cccc(C)n1. The van der Waals surface area contributed by atoms with E-state index in [0.717, 1.165) is 5.69 Å². The van der Waals surface area contributed by atoms with E-state index >= 15 is 0 Å². The molecule has 0 saturated heterocycles. The highest BCUT2D eigenvalue weighted by Crippen LogP contribution is 2.10. The molecule has 0 amide bonds. The summed E-state index contributed by atoms with van der Waals surface area (Å²) < 4.78 is 0. The summed E-state index contributed by atoms with van der Waals surface area (Å²) >= 11 is 0. The standard InChI is InChI=1S/C9H10N2O/c1-7-4-3-5-8(11-7)9(12)6-10-2/h3-5,9,12H,6H2,1H3. The van der Waals surface area contributed by atoms with Crippen LogP contribution < -0.4 is 0 Å². The fraction of sp³-hybridized carbons (Fsp3) is 0.333. The van der Waals surface area contributed by atoms with Crippen molar-refractivity contribution in [2.45, 2.75) is 13.0 Å². The maximum absolute atomic E-state index is 9.37. The Bertz CT molecular complexity index is 304. The molecule has 0 aliphatic carbocycles. The highest BCUT2D eigenvalue weighted by Gasteiger charge is 2.10. The van der Waals surface area contributed by atoms with Crippen molar-refractivity contribution >= 4 is 0 Å². The Morgan fingerprint density at radius 1 is 1.67 bits per heavy atom. The molecule has 1 rings (SSSR count). The first-order chi connectivity index (χ1) is 5.74. The number of aryl methyl sites for hydroxylation is 1. The van der Waals surface area contributed by atoms with E-state index in [0.29, 0.717) is 5.69 Å². The van der Waals surface area contributed by atoms with Gasteiger partial charge in [-0.3, -0.25) is 4.98 Å². The second kappa shape index (κ2) is 3.84. The Morgan fingerprint density at radius 2 is 2.42 bits per heavy atom. The van der Waals surface area contributed by atoms with Crippen LogP contribution in [0.1, 0.15) is 17.5 Å². The van der Waals surface area contributed by atoms with Gasteiger partial charge in [-0.25, -0.2) is 6.57 Å². The molecule has 3 nitrogen and oxygen atoms in total. The van der Waals surface area contributed by atoms with E-state index in [1.165, 1.54) is 0 Å². The molecule has 1 heterocycles. The Labute approximate surface area is 71.5 Å². The van der Waals surface area contributed by atoms with Gasteiger partial charge in [-0.05, 0) is 19.1 Å². The summed E-state index contributed by atoms with van der Waals surface area (Å²) in [5, 5.41) is 9.37. The van der Waals surface area contributed by atoms with E-state index in [2.05, 4.69) is 9.83 Å². The zero-order valence-corrected chi connectivity index (χ0v) is 6.86. The molecule has 0 bridgehead atoms. The maximum Gasteiger partial charge on any atom is 0.245 e. The molecule has 0 fully saturated rings. The number of nitrogens with zero attached hydrogens (tertiary/aromatic N) is 2. The number of aliphatic hydroxyl groups is 1. The Balaban J connectivity index is 2.82. The summed E-state index contributed by atoms with van der Waals surface area (Å²) in [6.45, 7) is 8.51. The average Bonchev–Trinajstić information content (AvgIpc) is 2.05. The molecule has 0 aliphatic rings. The van der Waals surface area contributed by atoms with Gasteiger partial charge in [0.15, 0.2) is 6.10 Å². The van der Waals surface area contributed by atoms with Crippen molar-refractivity contribution in [3.05, 3.63) is 41.0 Å². The smallest absolute Gasteiger partial charge is 0.245 e. The molecule has 1 atom stereocenters. The van der Waals surface area contributed by atoms with Gasteiger partial charge in [0.2, 0.25) is 6.54 Å². The van der Waals surface area contributed by atoms with E-state index in [1.807, 2.05) is 19.1 Å². The Kier molecular flexibility index (Phi) is 2.78. The molecule has 1 unspecified atom stereocenters. The van der Waals surface area contributed by atoms with E-state index in [9.17, 15) is 5.11 Å². The minimum Gasteiger partial charge on any atom is -0.379 e. The summed E-state index contributed by atoms with van der Waals surface area (Å²) in [4.78, 5) is 7.20. The minimum absolute atomic E-state index is 0.0798. The largest absolute Gasteiger partial charge is 0.379 e.